The van der Waals surface area contributed by atoms with Gasteiger partial charge < -0.3 is 14.4 Å². The predicted octanol–water partition coefficient (Wildman–Crippen LogP) is 4.29. The third-order valence-corrected chi connectivity index (χ3v) is 5.34. The summed E-state index contributed by atoms with van der Waals surface area (Å²) in [6.07, 6.45) is 2.04. The number of likely N-dealkylation sites (N-methyl/N-ethyl adjacent to an activating group) is 1. The molecule has 0 N–H and O–H groups in total. The van der Waals surface area contributed by atoms with Crippen molar-refractivity contribution >= 4 is 33.4 Å². The van der Waals surface area contributed by atoms with E-state index in [9.17, 15) is 9.59 Å². The number of ether oxygens (including phenoxy) is 2. The molecule has 2 aromatic carbocycles. The smallest absolute Gasteiger partial charge is 0.338 e. The van der Waals surface area contributed by atoms with E-state index in [2.05, 4.69) is 11.9 Å². The van der Waals surface area contributed by atoms with Gasteiger partial charge in [-0.1, -0.05) is 25.5 Å². The summed E-state index contributed by atoms with van der Waals surface area (Å²) in [7, 11) is 1.67. The highest BCUT2D eigenvalue weighted by Gasteiger charge is 2.15. The molecule has 152 valence electrons. The zero-order chi connectivity index (χ0) is 20.6. The number of para-hydroxylation sites is 1. The monoisotopic (exact) mass is 412 g/mol. The molecule has 0 radical (unpaired) electrons. The van der Waals surface area contributed by atoms with Gasteiger partial charge in [-0.25, -0.2) is 9.78 Å². The van der Waals surface area contributed by atoms with E-state index in [-0.39, 0.29) is 12.5 Å². The Labute approximate surface area is 174 Å². The van der Waals surface area contributed by atoms with E-state index in [1.165, 1.54) is 4.90 Å². The molecule has 29 heavy (non-hydrogen) atoms. The number of aromatic nitrogens is 1. The molecule has 0 saturated carbocycles. The van der Waals surface area contributed by atoms with Gasteiger partial charge in [0.05, 0.1) is 28.9 Å². The van der Waals surface area contributed by atoms with E-state index in [1.54, 1.807) is 42.6 Å². The number of hydrogen-bond donors (Lipinski definition) is 0. The molecule has 0 atom stereocenters. The molecule has 1 heterocycles. The molecule has 0 fully saturated rings. The van der Waals surface area contributed by atoms with Gasteiger partial charge in [0.25, 0.3) is 5.91 Å². The van der Waals surface area contributed by atoms with Gasteiger partial charge in [0, 0.05) is 7.05 Å². The van der Waals surface area contributed by atoms with Crippen molar-refractivity contribution in [1.82, 2.24) is 9.88 Å². The quantitative estimate of drug-likeness (QED) is 0.387. The summed E-state index contributed by atoms with van der Waals surface area (Å²) in [6.45, 7) is 2.81. The van der Waals surface area contributed by atoms with E-state index in [0.717, 1.165) is 28.1 Å². The summed E-state index contributed by atoms with van der Waals surface area (Å²) >= 11 is 1.55. The number of unbranched alkanes of at least 4 members (excludes halogenated alkanes) is 1. The van der Waals surface area contributed by atoms with Crippen LogP contribution >= 0.6 is 11.3 Å². The molecule has 3 aromatic rings. The lowest BCUT2D eigenvalue weighted by Gasteiger charge is -2.15. The van der Waals surface area contributed by atoms with Crippen molar-refractivity contribution in [2.24, 2.45) is 0 Å². The maximum absolute atomic E-state index is 12.3. The number of thiazole rings is 1. The van der Waals surface area contributed by atoms with E-state index >= 15 is 0 Å². The standard InChI is InChI=1S/C22H24N2O4S/c1-3-4-13-27-17-11-9-16(10-12-17)22(26)28-15-21(25)24(2)14-20-23-18-7-5-6-8-19(18)29-20/h5-12H,3-4,13-15H2,1-2H3. The molecule has 0 aliphatic carbocycles. The van der Waals surface area contributed by atoms with Crippen LogP contribution in [-0.2, 0) is 16.1 Å². The lowest BCUT2D eigenvalue weighted by molar-refractivity contribution is -0.133. The third-order valence-electron chi connectivity index (χ3n) is 4.32. The predicted molar refractivity (Wildman–Crippen MR) is 113 cm³/mol. The van der Waals surface area contributed by atoms with Crippen LogP contribution < -0.4 is 4.74 Å². The third kappa shape index (κ3) is 5.77. The zero-order valence-corrected chi connectivity index (χ0v) is 17.4. The number of esters is 1. The van der Waals surface area contributed by atoms with Crippen molar-refractivity contribution < 1.29 is 19.1 Å². The van der Waals surface area contributed by atoms with Gasteiger partial charge in [0.2, 0.25) is 0 Å². The fourth-order valence-corrected chi connectivity index (χ4v) is 3.64. The molecule has 0 spiro atoms. The molecule has 0 unspecified atom stereocenters. The Balaban J connectivity index is 1.48. The van der Waals surface area contributed by atoms with Crippen molar-refractivity contribution in [3.63, 3.8) is 0 Å². The number of benzene rings is 2. The van der Waals surface area contributed by atoms with Crippen LogP contribution in [0.5, 0.6) is 5.75 Å². The first-order valence-electron chi connectivity index (χ1n) is 9.55. The molecular weight excluding hydrogens is 388 g/mol. The van der Waals surface area contributed by atoms with E-state index < -0.39 is 5.97 Å². The molecular formula is C22H24N2O4S. The van der Waals surface area contributed by atoms with Crippen LogP contribution in [0.1, 0.15) is 35.1 Å². The molecule has 0 bridgehead atoms. The largest absolute Gasteiger partial charge is 0.494 e. The highest BCUT2D eigenvalue weighted by Crippen LogP contribution is 2.22. The molecule has 3 rings (SSSR count). The Bertz CT molecular complexity index is 935. The Morgan fingerprint density at radius 2 is 1.86 bits per heavy atom. The summed E-state index contributed by atoms with van der Waals surface area (Å²) in [6, 6.07) is 14.6. The molecule has 0 aliphatic rings. The number of fused-ring (bicyclic) bond motifs is 1. The van der Waals surface area contributed by atoms with Crippen molar-refractivity contribution in [1.29, 1.82) is 0 Å². The average Bonchev–Trinajstić information content (AvgIpc) is 3.14. The highest BCUT2D eigenvalue weighted by molar-refractivity contribution is 7.18. The minimum atomic E-state index is -0.535. The number of amides is 1. The Morgan fingerprint density at radius 3 is 2.59 bits per heavy atom. The second-order valence-corrected chi connectivity index (χ2v) is 7.74. The fourth-order valence-electron chi connectivity index (χ4n) is 2.62. The molecule has 1 aromatic heterocycles. The maximum atomic E-state index is 12.3. The van der Waals surface area contributed by atoms with Gasteiger partial charge in [-0.3, -0.25) is 4.79 Å². The second-order valence-electron chi connectivity index (χ2n) is 6.63. The van der Waals surface area contributed by atoms with Gasteiger partial charge in [-0.05, 0) is 42.8 Å². The summed E-state index contributed by atoms with van der Waals surface area (Å²) in [5.74, 6) is -0.106. The average molecular weight is 413 g/mol. The second kappa shape index (κ2) is 10.0. The highest BCUT2D eigenvalue weighted by atomic mass is 32.1. The zero-order valence-electron chi connectivity index (χ0n) is 16.6. The first-order chi connectivity index (χ1) is 14.1. The van der Waals surface area contributed by atoms with Crippen molar-refractivity contribution in [3.8, 4) is 5.75 Å². The van der Waals surface area contributed by atoms with Gasteiger partial charge in [0.15, 0.2) is 6.61 Å². The first kappa shape index (κ1) is 20.8. The Morgan fingerprint density at radius 1 is 1.10 bits per heavy atom. The minimum absolute atomic E-state index is 0.280. The number of hydrogen-bond acceptors (Lipinski definition) is 6. The normalized spacial score (nSPS) is 10.7. The fraction of sp³-hybridized carbons (Fsp3) is 0.318. The number of carbonyl (C=O) groups is 2. The topological polar surface area (TPSA) is 68.7 Å². The van der Waals surface area contributed by atoms with Crippen LogP contribution in [0.2, 0.25) is 0 Å². The van der Waals surface area contributed by atoms with Crippen molar-refractivity contribution in [2.75, 3.05) is 20.3 Å². The van der Waals surface area contributed by atoms with Crippen LogP contribution in [0, 0.1) is 0 Å². The van der Waals surface area contributed by atoms with Gasteiger partial charge in [-0.15, -0.1) is 11.3 Å². The van der Waals surface area contributed by atoms with E-state index in [0.29, 0.717) is 24.5 Å². The van der Waals surface area contributed by atoms with Gasteiger partial charge >= 0.3 is 5.97 Å². The van der Waals surface area contributed by atoms with Crippen LogP contribution in [0.4, 0.5) is 0 Å². The SMILES string of the molecule is CCCCOc1ccc(C(=O)OCC(=O)N(C)Cc2nc3ccccc3s2)cc1. The van der Waals surface area contributed by atoms with Gasteiger partial charge in [0.1, 0.15) is 10.8 Å². The van der Waals surface area contributed by atoms with Crippen LogP contribution in [0.3, 0.4) is 0 Å². The van der Waals surface area contributed by atoms with Crippen molar-refractivity contribution in [2.45, 2.75) is 26.3 Å². The maximum Gasteiger partial charge on any atom is 0.338 e. The number of carbonyl (C=O) groups excluding carboxylic acids is 2. The van der Waals surface area contributed by atoms with Crippen molar-refractivity contribution in [3.05, 3.63) is 59.1 Å². The molecule has 7 heteroatoms. The Kier molecular flexibility index (Phi) is 7.19. The molecule has 1 amide bonds. The molecule has 0 aliphatic heterocycles. The number of rotatable bonds is 9. The summed E-state index contributed by atoms with van der Waals surface area (Å²) in [5, 5.41) is 0.840. The van der Waals surface area contributed by atoms with Crippen LogP contribution in [0.15, 0.2) is 48.5 Å². The van der Waals surface area contributed by atoms with Crippen LogP contribution in [-0.4, -0.2) is 42.0 Å². The lowest BCUT2D eigenvalue weighted by atomic mass is 10.2. The summed E-state index contributed by atoms with van der Waals surface area (Å²) < 4.78 is 11.8. The van der Waals surface area contributed by atoms with Gasteiger partial charge in [-0.2, -0.15) is 0 Å². The lowest BCUT2D eigenvalue weighted by Crippen LogP contribution is -2.30. The first-order valence-corrected chi connectivity index (χ1v) is 10.4. The summed E-state index contributed by atoms with van der Waals surface area (Å²) in [5.41, 5.74) is 1.30. The summed E-state index contributed by atoms with van der Waals surface area (Å²) in [4.78, 5) is 30.5. The van der Waals surface area contributed by atoms with E-state index in [4.69, 9.17) is 9.47 Å². The van der Waals surface area contributed by atoms with Crippen LogP contribution in [0.25, 0.3) is 10.2 Å². The number of nitrogens with zero attached hydrogens (tertiary/aromatic N) is 2. The minimum Gasteiger partial charge on any atom is -0.494 e. The molecule has 6 nitrogen and oxygen atoms in total. The molecule has 0 saturated heterocycles. The Hall–Kier alpha value is -2.93. The van der Waals surface area contributed by atoms with E-state index in [1.807, 2.05) is 24.3 Å².